The van der Waals surface area contributed by atoms with Crippen LogP contribution in [0, 0.1) is 5.41 Å². The molecule has 4 N–H and O–H groups in total. The van der Waals surface area contributed by atoms with E-state index in [1.807, 2.05) is 6.92 Å². The zero-order chi connectivity index (χ0) is 15.7. The maximum Gasteiger partial charge on any atom is 0.273 e. The van der Waals surface area contributed by atoms with Gasteiger partial charge in [-0.2, -0.15) is 5.10 Å². The largest absolute Gasteiger partial charge is 0.350 e. The van der Waals surface area contributed by atoms with Crippen molar-refractivity contribution in [1.29, 1.82) is 0 Å². The van der Waals surface area contributed by atoms with Crippen LogP contribution in [0.2, 0.25) is 0 Å². The molecule has 8 heteroatoms. The van der Waals surface area contributed by atoms with Gasteiger partial charge in [-0.25, -0.2) is 13.6 Å². The van der Waals surface area contributed by atoms with Crippen LogP contribution in [0.25, 0.3) is 0 Å². The fourth-order valence-electron chi connectivity index (χ4n) is 2.43. The molecule has 1 saturated carbocycles. The van der Waals surface area contributed by atoms with Crippen molar-refractivity contribution in [3.05, 3.63) is 11.4 Å². The first-order chi connectivity index (χ1) is 9.83. The quantitative estimate of drug-likeness (QED) is 0.693. The van der Waals surface area contributed by atoms with Crippen LogP contribution in [0.5, 0.6) is 0 Å². The van der Waals surface area contributed by atoms with E-state index in [-0.39, 0.29) is 16.0 Å². The predicted molar refractivity (Wildman–Crippen MR) is 78.2 cm³/mol. The van der Waals surface area contributed by atoms with Crippen molar-refractivity contribution in [3.8, 4) is 0 Å². The Kier molecular flexibility index (Phi) is 4.38. The van der Waals surface area contributed by atoms with Gasteiger partial charge in [-0.3, -0.25) is 9.89 Å². The lowest BCUT2D eigenvalue weighted by Crippen LogP contribution is -2.31. The molecule has 1 fully saturated rings. The summed E-state index contributed by atoms with van der Waals surface area (Å²) in [6.45, 7) is 4.54. The number of nitrogens with zero attached hydrogens (tertiary/aromatic N) is 1. The Hall–Kier alpha value is -1.41. The molecule has 0 saturated heterocycles. The minimum Gasteiger partial charge on any atom is -0.350 e. The lowest BCUT2D eigenvalue weighted by molar-refractivity contribution is 0.0936. The highest BCUT2D eigenvalue weighted by molar-refractivity contribution is 7.89. The molecule has 1 heterocycles. The van der Waals surface area contributed by atoms with Crippen molar-refractivity contribution >= 4 is 15.9 Å². The Morgan fingerprint density at radius 3 is 2.57 bits per heavy atom. The Morgan fingerprint density at radius 2 is 2.10 bits per heavy atom. The van der Waals surface area contributed by atoms with E-state index >= 15 is 0 Å². The third-order valence-electron chi connectivity index (χ3n) is 4.12. The van der Waals surface area contributed by atoms with Crippen LogP contribution in [-0.4, -0.2) is 31.1 Å². The molecule has 0 atom stereocenters. The topological polar surface area (TPSA) is 118 Å². The molecule has 0 aliphatic heterocycles. The molecule has 0 bridgehead atoms. The molecule has 0 spiro atoms. The first-order valence-corrected chi connectivity index (χ1v) is 8.76. The number of hydrogen-bond acceptors (Lipinski definition) is 4. The minimum atomic E-state index is -3.99. The van der Waals surface area contributed by atoms with Crippen LogP contribution in [0.15, 0.2) is 4.90 Å². The molecule has 1 aliphatic rings. The van der Waals surface area contributed by atoms with Crippen LogP contribution in [-0.2, 0) is 16.4 Å². The van der Waals surface area contributed by atoms with E-state index in [4.69, 9.17) is 5.14 Å². The maximum atomic E-state index is 12.2. The fraction of sp³-hybridized carbons (Fsp3) is 0.692. The third-order valence-corrected chi connectivity index (χ3v) is 5.13. The summed E-state index contributed by atoms with van der Waals surface area (Å²) in [5, 5.41) is 14.5. The van der Waals surface area contributed by atoms with Crippen molar-refractivity contribution in [3.63, 3.8) is 0 Å². The van der Waals surface area contributed by atoms with E-state index in [1.54, 1.807) is 0 Å². The number of primary sulfonamides is 1. The molecule has 118 valence electrons. The van der Waals surface area contributed by atoms with Crippen LogP contribution in [0.3, 0.4) is 0 Å². The molecule has 1 aliphatic carbocycles. The highest BCUT2D eigenvalue weighted by Crippen LogP contribution is 2.47. The van der Waals surface area contributed by atoms with Gasteiger partial charge in [0.15, 0.2) is 5.69 Å². The maximum absolute atomic E-state index is 12.2. The van der Waals surface area contributed by atoms with Gasteiger partial charge in [0, 0.05) is 6.54 Å². The second kappa shape index (κ2) is 5.76. The number of nitrogens with two attached hydrogens (primary N) is 1. The van der Waals surface area contributed by atoms with Crippen LogP contribution in [0.1, 0.15) is 55.7 Å². The third kappa shape index (κ3) is 3.44. The lowest BCUT2D eigenvalue weighted by atomic mass is 10.0. The standard InChI is InChI=1S/C13H22N4O3S/c1-3-5-9-11(21(14,19)20)10(17-16-9)12(18)15-8-13(4-2)6-7-13/h3-8H2,1-2H3,(H,15,18)(H,16,17)(H2,14,19,20). The average Bonchev–Trinajstić information content (AvgIpc) is 3.07. The van der Waals surface area contributed by atoms with Crippen molar-refractivity contribution in [2.45, 2.75) is 50.8 Å². The fourth-order valence-corrected chi connectivity index (χ4v) is 3.33. The Labute approximate surface area is 124 Å². The number of rotatable bonds is 7. The normalized spacial score (nSPS) is 16.7. The number of H-pyrrole nitrogens is 1. The van der Waals surface area contributed by atoms with Gasteiger partial charge in [-0.1, -0.05) is 20.3 Å². The van der Waals surface area contributed by atoms with E-state index < -0.39 is 15.9 Å². The summed E-state index contributed by atoms with van der Waals surface area (Å²) < 4.78 is 23.4. The SMILES string of the molecule is CCCc1[nH]nc(C(=O)NCC2(CC)CC2)c1S(N)(=O)=O. The van der Waals surface area contributed by atoms with Crippen LogP contribution in [0.4, 0.5) is 0 Å². The Morgan fingerprint density at radius 1 is 1.43 bits per heavy atom. The van der Waals surface area contributed by atoms with Crippen molar-refractivity contribution in [1.82, 2.24) is 15.5 Å². The summed E-state index contributed by atoms with van der Waals surface area (Å²) in [6, 6.07) is 0. The van der Waals surface area contributed by atoms with Gasteiger partial charge < -0.3 is 5.32 Å². The van der Waals surface area contributed by atoms with Gasteiger partial charge in [-0.05, 0) is 31.1 Å². The first-order valence-electron chi connectivity index (χ1n) is 7.21. The highest BCUT2D eigenvalue weighted by atomic mass is 32.2. The van der Waals surface area contributed by atoms with Gasteiger partial charge in [0.1, 0.15) is 4.90 Å². The molecule has 2 rings (SSSR count). The smallest absolute Gasteiger partial charge is 0.273 e. The van der Waals surface area contributed by atoms with E-state index in [2.05, 4.69) is 22.4 Å². The number of aromatic amines is 1. The average molecular weight is 314 g/mol. The van der Waals surface area contributed by atoms with Crippen LogP contribution < -0.4 is 10.5 Å². The summed E-state index contributed by atoms with van der Waals surface area (Å²) in [5.74, 6) is -0.489. The van der Waals surface area contributed by atoms with Crippen LogP contribution >= 0.6 is 0 Å². The monoisotopic (exact) mass is 314 g/mol. The highest BCUT2D eigenvalue weighted by Gasteiger charge is 2.41. The molecular formula is C13H22N4O3S. The molecular weight excluding hydrogens is 292 g/mol. The molecule has 0 unspecified atom stereocenters. The number of amides is 1. The van der Waals surface area contributed by atoms with Gasteiger partial charge in [0.2, 0.25) is 10.0 Å². The van der Waals surface area contributed by atoms with Gasteiger partial charge in [0.05, 0.1) is 5.69 Å². The molecule has 1 aromatic heterocycles. The summed E-state index contributed by atoms with van der Waals surface area (Å²) in [6.07, 6.45) is 4.38. The number of aryl methyl sites for hydroxylation is 1. The zero-order valence-corrected chi connectivity index (χ0v) is 13.2. The van der Waals surface area contributed by atoms with E-state index in [1.165, 1.54) is 0 Å². The van der Waals surface area contributed by atoms with E-state index in [0.717, 1.165) is 25.7 Å². The number of nitrogens with one attached hydrogen (secondary N) is 2. The molecule has 1 aromatic rings. The second-order valence-corrected chi connectivity index (χ2v) is 7.21. The van der Waals surface area contributed by atoms with Crippen molar-refractivity contribution in [2.75, 3.05) is 6.54 Å². The molecule has 7 nitrogen and oxygen atoms in total. The summed E-state index contributed by atoms with van der Waals surface area (Å²) in [4.78, 5) is 12.0. The second-order valence-electron chi connectivity index (χ2n) is 5.71. The van der Waals surface area contributed by atoms with Crippen molar-refractivity contribution < 1.29 is 13.2 Å². The summed E-state index contributed by atoms with van der Waals surface area (Å²) in [5.41, 5.74) is 0.439. The molecule has 0 aromatic carbocycles. The van der Waals surface area contributed by atoms with Crippen molar-refractivity contribution in [2.24, 2.45) is 10.6 Å². The number of hydrogen-bond donors (Lipinski definition) is 3. The van der Waals surface area contributed by atoms with E-state index in [9.17, 15) is 13.2 Å². The van der Waals surface area contributed by atoms with Gasteiger partial charge in [-0.15, -0.1) is 0 Å². The summed E-state index contributed by atoms with van der Waals surface area (Å²) in [7, 11) is -3.99. The molecule has 1 amide bonds. The number of aromatic nitrogens is 2. The Balaban J connectivity index is 2.20. The number of carbonyl (C=O) groups excluding carboxylic acids is 1. The minimum absolute atomic E-state index is 0.132. The van der Waals surface area contributed by atoms with Gasteiger partial charge in [0.25, 0.3) is 5.91 Å². The number of sulfonamides is 1. The molecule has 21 heavy (non-hydrogen) atoms. The predicted octanol–water partition coefficient (Wildman–Crippen LogP) is 0.930. The molecule has 0 radical (unpaired) electrons. The zero-order valence-electron chi connectivity index (χ0n) is 12.4. The summed E-state index contributed by atoms with van der Waals surface area (Å²) >= 11 is 0. The van der Waals surface area contributed by atoms with E-state index in [0.29, 0.717) is 18.7 Å². The first kappa shape index (κ1) is 16.0. The Bertz CT molecular complexity index is 632. The van der Waals surface area contributed by atoms with Gasteiger partial charge >= 0.3 is 0 Å². The lowest BCUT2D eigenvalue weighted by Gasteiger charge is -2.12. The number of carbonyl (C=O) groups is 1.